The smallest absolute Gasteiger partial charge is 0.120 e. The van der Waals surface area contributed by atoms with Gasteiger partial charge in [-0.1, -0.05) is 56.3 Å². The van der Waals surface area contributed by atoms with Gasteiger partial charge in [0.05, 0.1) is 17.6 Å². The maximum atomic E-state index is 6.02. The first kappa shape index (κ1) is 15.7. The molecule has 3 heteroatoms. The van der Waals surface area contributed by atoms with Crippen molar-refractivity contribution in [2.45, 2.75) is 26.3 Å². The first-order valence-corrected chi connectivity index (χ1v) is 8.79. The highest BCUT2D eigenvalue weighted by Gasteiger charge is 2.13. The molecule has 0 N–H and O–H groups in total. The molecule has 126 valence electrons. The highest BCUT2D eigenvalue weighted by atomic mass is 16.5. The Morgan fingerprint density at radius 1 is 0.920 bits per heavy atom. The summed E-state index contributed by atoms with van der Waals surface area (Å²) in [7, 11) is 0. The van der Waals surface area contributed by atoms with Crippen molar-refractivity contribution in [3.8, 4) is 5.75 Å². The Labute approximate surface area is 147 Å². The lowest BCUT2D eigenvalue weighted by atomic mass is 10.1. The van der Waals surface area contributed by atoms with Crippen LogP contribution >= 0.6 is 0 Å². The quantitative estimate of drug-likeness (QED) is 0.490. The Hall–Kier alpha value is -2.81. The van der Waals surface area contributed by atoms with Crippen LogP contribution in [0, 0.1) is 0 Å². The molecule has 0 spiro atoms. The van der Waals surface area contributed by atoms with Crippen molar-refractivity contribution in [1.82, 2.24) is 9.55 Å². The standard InChI is InChI=1S/C22H22N2O/c1-16(2)22-23-20-9-5-6-10-21(20)24(22)13-14-25-19-12-11-17-7-3-4-8-18(17)15-19/h3-12,15-16H,13-14H2,1-2H3. The molecule has 0 atom stereocenters. The van der Waals surface area contributed by atoms with E-state index in [0.717, 1.165) is 23.6 Å². The van der Waals surface area contributed by atoms with Gasteiger partial charge < -0.3 is 9.30 Å². The molecule has 0 fully saturated rings. The maximum absolute atomic E-state index is 6.02. The first-order valence-electron chi connectivity index (χ1n) is 8.79. The average molecular weight is 330 g/mol. The lowest BCUT2D eigenvalue weighted by Gasteiger charge is -2.13. The first-order chi connectivity index (χ1) is 12.2. The molecule has 0 saturated carbocycles. The van der Waals surface area contributed by atoms with E-state index in [2.05, 4.69) is 73.0 Å². The van der Waals surface area contributed by atoms with Crippen LogP contribution in [0.3, 0.4) is 0 Å². The molecule has 4 rings (SSSR count). The molecule has 25 heavy (non-hydrogen) atoms. The third kappa shape index (κ3) is 3.10. The molecule has 3 nitrogen and oxygen atoms in total. The number of fused-ring (bicyclic) bond motifs is 2. The minimum Gasteiger partial charge on any atom is -0.492 e. The minimum atomic E-state index is 0.382. The van der Waals surface area contributed by atoms with Gasteiger partial charge in [0, 0.05) is 5.92 Å². The van der Waals surface area contributed by atoms with E-state index in [9.17, 15) is 0 Å². The van der Waals surface area contributed by atoms with Gasteiger partial charge in [0.1, 0.15) is 18.2 Å². The molecule has 0 aliphatic rings. The van der Waals surface area contributed by atoms with Crippen molar-refractivity contribution >= 4 is 21.8 Å². The van der Waals surface area contributed by atoms with Crippen LogP contribution in [0.4, 0.5) is 0 Å². The van der Waals surface area contributed by atoms with Crippen molar-refractivity contribution in [2.24, 2.45) is 0 Å². The third-order valence-electron chi connectivity index (χ3n) is 4.51. The molecule has 0 aliphatic heterocycles. The van der Waals surface area contributed by atoms with Crippen LogP contribution in [0.2, 0.25) is 0 Å². The van der Waals surface area contributed by atoms with Crippen molar-refractivity contribution in [3.05, 3.63) is 72.6 Å². The van der Waals surface area contributed by atoms with Crippen LogP contribution in [0.5, 0.6) is 5.75 Å². The zero-order valence-corrected chi connectivity index (χ0v) is 14.6. The Morgan fingerprint density at radius 2 is 1.68 bits per heavy atom. The fourth-order valence-corrected chi connectivity index (χ4v) is 3.28. The highest BCUT2D eigenvalue weighted by Crippen LogP contribution is 2.23. The summed E-state index contributed by atoms with van der Waals surface area (Å²) in [6.07, 6.45) is 0. The van der Waals surface area contributed by atoms with Gasteiger partial charge in [-0.3, -0.25) is 0 Å². The molecule has 0 radical (unpaired) electrons. The maximum Gasteiger partial charge on any atom is 0.120 e. The van der Waals surface area contributed by atoms with E-state index >= 15 is 0 Å². The molecule has 0 saturated heterocycles. The Morgan fingerprint density at radius 3 is 2.52 bits per heavy atom. The Kier molecular flexibility index (Phi) is 4.14. The van der Waals surface area contributed by atoms with Crippen molar-refractivity contribution in [1.29, 1.82) is 0 Å². The predicted molar refractivity (Wildman–Crippen MR) is 103 cm³/mol. The van der Waals surface area contributed by atoms with E-state index < -0.39 is 0 Å². The van der Waals surface area contributed by atoms with Crippen LogP contribution in [0.25, 0.3) is 21.8 Å². The number of imidazole rings is 1. The van der Waals surface area contributed by atoms with Gasteiger partial charge in [-0.2, -0.15) is 0 Å². The van der Waals surface area contributed by atoms with E-state index in [1.807, 2.05) is 12.1 Å². The van der Waals surface area contributed by atoms with Gasteiger partial charge in [0.25, 0.3) is 0 Å². The van der Waals surface area contributed by atoms with Crippen molar-refractivity contribution < 1.29 is 4.74 Å². The molecule has 0 unspecified atom stereocenters. The normalized spacial score (nSPS) is 11.5. The molecule has 0 aliphatic carbocycles. The number of rotatable bonds is 5. The van der Waals surface area contributed by atoms with Gasteiger partial charge in [0.2, 0.25) is 0 Å². The van der Waals surface area contributed by atoms with Crippen LogP contribution in [-0.4, -0.2) is 16.2 Å². The summed E-state index contributed by atoms with van der Waals surface area (Å²) in [4.78, 5) is 4.79. The molecular formula is C22H22N2O. The van der Waals surface area contributed by atoms with Crippen molar-refractivity contribution in [2.75, 3.05) is 6.61 Å². The van der Waals surface area contributed by atoms with Gasteiger partial charge in [0.15, 0.2) is 0 Å². The SMILES string of the molecule is CC(C)c1nc2ccccc2n1CCOc1ccc2ccccc2c1. The molecular weight excluding hydrogens is 308 g/mol. The summed E-state index contributed by atoms with van der Waals surface area (Å²) in [6, 6.07) is 22.9. The molecule has 0 bridgehead atoms. The van der Waals surface area contributed by atoms with Gasteiger partial charge >= 0.3 is 0 Å². The number of hydrogen-bond donors (Lipinski definition) is 0. The Bertz CT molecular complexity index is 1020. The van der Waals surface area contributed by atoms with E-state index in [4.69, 9.17) is 9.72 Å². The predicted octanol–water partition coefficient (Wildman–Crippen LogP) is 5.39. The van der Waals surface area contributed by atoms with E-state index in [-0.39, 0.29) is 0 Å². The summed E-state index contributed by atoms with van der Waals surface area (Å²) < 4.78 is 8.30. The summed E-state index contributed by atoms with van der Waals surface area (Å²) in [6.45, 7) is 5.78. The lowest BCUT2D eigenvalue weighted by Crippen LogP contribution is -2.12. The second kappa shape index (κ2) is 6.60. The highest BCUT2D eigenvalue weighted by molar-refractivity contribution is 5.83. The lowest BCUT2D eigenvalue weighted by molar-refractivity contribution is 0.298. The number of nitrogens with zero attached hydrogens (tertiary/aromatic N) is 2. The third-order valence-corrected chi connectivity index (χ3v) is 4.51. The summed E-state index contributed by atoms with van der Waals surface area (Å²) >= 11 is 0. The summed E-state index contributed by atoms with van der Waals surface area (Å²) in [5.41, 5.74) is 2.23. The zero-order valence-electron chi connectivity index (χ0n) is 14.6. The fraction of sp³-hybridized carbons (Fsp3) is 0.227. The summed E-state index contributed by atoms with van der Waals surface area (Å²) in [5, 5.41) is 2.44. The molecule has 1 heterocycles. The minimum absolute atomic E-state index is 0.382. The van der Waals surface area contributed by atoms with Crippen LogP contribution < -0.4 is 4.74 Å². The fourth-order valence-electron chi connectivity index (χ4n) is 3.28. The number of benzene rings is 3. The van der Waals surface area contributed by atoms with E-state index in [0.29, 0.717) is 12.5 Å². The van der Waals surface area contributed by atoms with Crippen molar-refractivity contribution in [3.63, 3.8) is 0 Å². The monoisotopic (exact) mass is 330 g/mol. The zero-order chi connectivity index (χ0) is 17.2. The average Bonchev–Trinajstić information content (AvgIpc) is 3.01. The largest absolute Gasteiger partial charge is 0.492 e. The van der Waals surface area contributed by atoms with E-state index in [1.165, 1.54) is 16.3 Å². The van der Waals surface area contributed by atoms with Gasteiger partial charge in [-0.15, -0.1) is 0 Å². The topological polar surface area (TPSA) is 27.1 Å². The Balaban J connectivity index is 1.54. The van der Waals surface area contributed by atoms with Crippen LogP contribution in [0.15, 0.2) is 66.7 Å². The number of ether oxygens (including phenoxy) is 1. The number of hydrogen-bond acceptors (Lipinski definition) is 2. The summed E-state index contributed by atoms with van der Waals surface area (Å²) in [5.74, 6) is 2.41. The number of aromatic nitrogens is 2. The molecule has 4 aromatic rings. The van der Waals surface area contributed by atoms with E-state index in [1.54, 1.807) is 0 Å². The van der Waals surface area contributed by atoms with Gasteiger partial charge in [-0.05, 0) is 35.0 Å². The van der Waals surface area contributed by atoms with Crippen LogP contribution in [0.1, 0.15) is 25.6 Å². The van der Waals surface area contributed by atoms with Crippen LogP contribution in [-0.2, 0) is 6.54 Å². The number of para-hydroxylation sites is 2. The second-order valence-electron chi connectivity index (χ2n) is 6.62. The second-order valence-corrected chi connectivity index (χ2v) is 6.62. The molecule has 0 amide bonds. The molecule has 3 aromatic carbocycles. The van der Waals surface area contributed by atoms with Gasteiger partial charge in [-0.25, -0.2) is 4.98 Å². The molecule has 1 aromatic heterocycles.